The molecule has 0 saturated heterocycles. The largest absolute Gasteiger partial charge is 0.350 e. The minimum Gasteiger partial charge on any atom is -0.350 e. The Balaban J connectivity index is 1.72. The number of aromatic nitrogens is 1. The molecule has 0 aliphatic rings. The molecule has 1 heterocycles. The molecule has 0 N–H and O–H groups in total. The fourth-order valence-electron chi connectivity index (χ4n) is 3.16. The number of hydrogen-bond acceptors (Lipinski definition) is 1. The molecule has 0 radical (unpaired) electrons. The molecule has 2 aromatic carbocycles. The summed E-state index contributed by atoms with van der Waals surface area (Å²) in [5.74, 6) is 0. The number of aryl methyl sites for hydroxylation is 1. The summed E-state index contributed by atoms with van der Waals surface area (Å²) in [6.07, 6.45) is 5.31. The third kappa shape index (κ3) is 3.72. The van der Waals surface area contributed by atoms with Gasteiger partial charge in [-0.1, -0.05) is 54.6 Å². The van der Waals surface area contributed by atoms with Crippen LogP contribution in [0.2, 0.25) is 0 Å². The first-order chi connectivity index (χ1) is 11.3. The molecular weight excluding hydrogens is 280 g/mol. The first-order valence-corrected chi connectivity index (χ1v) is 8.18. The van der Waals surface area contributed by atoms with Crippen LogP contribution in [0.1, 0.15) is 11.1 Å². The summed E-state index contributed by atoms with van der Waals surface area (Å²) in [6, 6.07) is 19.3. The van der Waals surface area contributed by atoms with Gasteiger partial charge in [0.05, 0.1) is 0 Å². The lowest BCUT2D eigenvalue weighted by Crippen LogP contribution is -2.25. The molecule has 0 saturated carbocycles. The fourth-order valence-corrected chi connectivity index (χ4v) is 3.16. The maximum absolute atomic E-state index is 3.91. The zero-order chi connectivity index (χ0) is 16.1. The van der Waals surface area contributed by atoms with Crippen molar-refractivity contribution in [1.82, 2.24) is 9.47 Å². The normalized spacial score (nSPS) is 11.2. The molecule has 2 heteroatoms. The Hall–Kier alpha value is -2.32. The number of para-hydroxylation sites is 1. The molecule has 3 rings (SSSR count). The lowest BCUT2D eigenvalue weighted by Gasteiger charge is -2.20. The van der Waals surface area contributed by atoms with Crippen molar-refractivity contribution >= 4 is 10.9 Å². The third-order valence-electron chi connectivity index (χ3n) is 4.31. The highest BCUT2D eigenvalue weighted by Crippen LogP contribution is 2.21. The quantitative estimate of drug-likeness (QED) is 0.587. The monoisotopic (exact) mass is 304 g/mol. The van der Waals surface area contributed by atoms with E-state index < -0.39 is 0 Å². The van der Waals surface area contributed by atoms with Gasteiger partial charge in [-0.3, -0.25) is 4.90 Å². The molecule has 0 spiro atoms. The Kier molecular flexibility index (Phi) is 4.94. The van der Waals surface area contributed by atoms with Gasteiger partial charge >= 0.3 is 0 Å². The summed E-state index contributed by atoms with van der Waals surface area (Å²) >= 11 is 0. The molecule has 23 heavy (non-hydrogen) atoms. The van der Waals surface area contributed by atoms with E-state index in [4.69, 9.17) is 0 Å². The SMILES string of the molecule is C=CCN(CCc1cn(C)c2ccccc12)Cc1ccccc1. The fraction of sp³-hybridized carbons (Fsp3) is 0.238. The standard InChI is InChI=1S/C21H24N2/c1-3-14-23(16-18-9-5-4-6-10-18)15-13-19-17-22(2)21-12-8-7-11-20(19)21/h3-12,17H,1,13-16H2,2H3. The second-order valence-electron chi connectivity index (χ2n) is 6.04. The number of rotatable bonds is 7. The van der Waals surface area contributed by atoms with Gasteiger partial charge < -0.3 is 4.57 Å². The summed E-state index contributed by atoms with van der Waals surface area (Å²) in [5, 5.41) is 1.37. The summed E-state index contributed by atoms with van der Waals surface area (Å²) < 4.78 is 2.22. The van der Waals surface area contributed by atoms with E-state index in [0.29, 0.717) is 0 Å². The maximum Gasteiger partial charge on any atom is 0.0480 e. The van der Waals surface area contributed by atoms with E-state index in [-0.39, 0.29) is 0 Å². The van der Waals surface area contributed by atoms with E-state index in [2.05, 4.69) is 83.9 Å². The predicted molar refractivity (Wildman–Crippen MR) is 98.5 cm³/mol. The molecule has 0 aliphatic heterocycles. The number of nitrogens with zero attached hydrogens (tertiary/aromatic N) is 2. The van der Waals surface area contributed by atoms with Crippen molar-refractivity contribution in [3.63, 3.8) is 0 Å². The highest BCUT2D eigenvalue weighted by molar-refractivity contribution is 5.83. The number of benzene rings is 2. The summed E-state index contributed by atoms with van der Waals surface area (Å²) in [4.78, 5) is 2.45. The molecule has 0 unspecified atom stereocenters. The van der Waals surface area contributed by atoms with Crippen molar-refractivity contribution < 1.29 is 0 Å². The molecule has 1 aromatic heterocycles. The van der Waals surface area contributed by atoms with Crippen LogP contribution in [-0.4, -0.2) is 22.6 Å². The average molecular weight is 304 g/mol. The van der Waals surface area contributed by atoms with Crippen LogP contribution in [0.4, 0.5) is 0 Å². The van der Waals surface area contributed by atoms with E-state index in [9.17, 15) is 0 Å². The van der Waals surface area contributed by atoms with Crippen LogP contribution < -0.4 is 0 Å². The lowest BCUT2D eigenvalue weighted by atomic mass is 10.1. The minimum absolute atomic E-state index is 0.916. The van der Waals surface area contributed by atoms with Crippen LogP contribution in [0.25, 0.3) is 10.9 Å². The highest BCUT2D eigenvalue weighted by Gasteiger charge is 2.09. The van der Waals surface area contributed by atoms with Gasteiger partial charge in [-0.05, 0) is 23.6 Å². The molecular formula is C21H24N2. The van der Waals surface area contributed by atoms with Crippen molar-refractivity contribution in [2.45, 2.75) is 13.0 Å². The van der Waals surface area contributed by atoms with E-state index in [0.717, 1.165) is 26.1 Å². The van der Waals surface area contributed by atoms with Gasteiger partial charge in [0.2, 0.25) is 0 Å². The molecule has 0 aliphatic carbocycles. The molecule has 0 fully saturated rings. The van der Waals surface area contributed by atoms with Gasteiger partial charge in [0.25, 0.3) is 0 Å². The van der Waals surface area contributed by atoms with Crippen LogP contribution >= 0.6 is 0 Å². The molecule has 0 amide bonds. The van der Waals surface area contributed by atoms with Crippen LogP contribution in [0.5, 0.6) is 0 Å². The molecule has 118 valence electrons. The van der Waals surface area contributed by atoms with Gasteiger partial charge in [-0.15, -0.1) is 6.58 Å². The van der Waals surface area contributed by atoms with Gasteiger partial charge in [-0.25, -0.2) is 0 Å². The number of fused-ring (bicyclic) bond motifs is 1. The number of hydrogen-bond donors (Lipinski definition) is 0. The summed E-state index contributed by atoms with van der Waals surface area (Å²) in [6.45, 7) is 6.83. The van der Waals surface area contributed by atoms with Gasteiger partial charge in [-0.2, -0.15) is 0 Å². The smallest absolute Gasteiger partial charge is 0.0480 e. The van der Waals surface area contributed by atoms with Gasteiger partial charge in [0.15, 0.2) is 0 Å². The van der Waals surface area contributed by atoms with E-state index in [1.54, 1.807) is 0 Å². The van der Waals surface area contributed by atoms with Crippen molar-refractivity contribution in [3.8, 4) is 0 Å². The third-order valence-corrected chi connectivity index (χ3v) is 4.31. The van der Waals surface area contributed by atoms with Crippen LogP contribution in [0.15, 0.2) is 73.4 Å². The predicted octanol–water partition coefficient (Wildman–Crippen LogP) is 4.41. The van der Waals surface area contributed by atoms with Gasteiger partial charge in [0, 0.05) is 43.8 Å². The zero-order valence-electron chi connectivity index (χ0n) is 13.8. The topological polar surface area (TPSA) is 8.17 Å². The summed E-state index contributed by atoms with van der Waals surface area (Å²) in [7, 11) is 2.12. The minimum atomic E-state index is 0.916. The summed E-state index contributed by atoms with van der Waals surface area (Å²) in [5.41, 5.74) is 4.08. The van der Waals surface area contributed by atoms with E-state index in [1.807, 2.05) is 6.08 Å². The van der Waals surface area contributed by atoms with Crippen molar-refractivity contribution in [3.05, 3.63) is 84.6 Å². The Morgan fingerprint density at radius 3 is 2.57 bits per heavy atom. The van der Waals surface area contributed by atoms with Crippen LogP contribution in [0.3, 0.4) is 0 Å². The Morgan fingerprint density at radius 1 is 1.04 bits per heavy atom. The van der Waals surface area contributed by atoms with Crippen molar-refractivity contribution in [2.75, 3.05) is 13.1 Å². The molecule has 0 bridgehead atoms. The van der Waals surface area contributed by atoms with Crippen molar-refractivity contribution in [1.29, 1.82) is 0 Å². The first-order valence-electron chi connectivity index (χ1n) is 8.18. The van der Waals surface area contributed by atoms with Crippen LogP contribution in [-0.2, 0) is 20.0 Å². The Morgan fingerprint density at radius 2 is 1.78 bits per heavy atom. The molecule has 0 atom stereocenters. The first kappa shape index (κ1) is 15.6. The Bertz CT molecular complexity index is 771. The second kappa shape index (κ2) is 7.30. The zero-order valence-corrected chi connectivity index (χ0v) is 13.8. The lowest BCUT2D eigenvalue weighted by molar-refractivity contribution is 0.298. The Labute approximate surface area is 138 Å². The molecule has 3 aromatic rings. The van der Waals surface area contributed by atoms with Gasteiger partial charge in [0.1, 0.15) is 0 Å². The van der Waals surface area contributed by atoms with Crippen molar-refractivity contribution in [2.24, 2.45) is 7.05 Å². The highest BCUT2D eigenvalue weighted by atomic mass is 15.1. The van der Waals surface area contributed by atoms with Crippen LogP contribution in [0, 0.1) is 0 Å². The average Bonchev–Trinajstić information content (AvgIpc) is 2.90. The molecule has 2 nitrogen and oxygen atoms in total. The maximum atomic E-state index is 3.91. The van der Waals surface area contributed by atoms with E-state index in [1.165, 1.54) is 22.0 Å². The second-order valence-corrected chi connectivity index (χ2v) is 6.04. The van der Waals surface area contributed by atoms with E-state index >= 15 is 0 Å².